The predicted molar refractivity (Wildman–Crippen MR) is 102 cm³/mol. The van der Waals surface area contributed by atoms with E-state index in [9.17, 15) is 4.79 Å². The Morgan fingerprint density at radius 2 is 1.88 bits per heavy atom. The first kappa shape index (κ1) is 16.2. The zero-order valence-corrected chi connectivity index (χ0v) is 15.1. The first-order valence-electron chi connectivity index (χ1n) is 8.54. The number of amides is 1. The molecule has 0 atom stereocenters. The van der Waals surface area contributed by atoms with Gasteiger partial charge in [-0.05, 0) is 30.5 Å². The molecule has 5 heteroatoms. The molecule has 1 amide bonds. The molecule has 1 aromatic heterocycles. The summed E-state index contributed by atoms with van der Waals surface area (Å²) in [7, 11) is 1.99. The van der Waals surface area contributed by atoms with Gasteiger partial charge in [-0.15, -0.1) is 0 Å². The van der Waals surface area contributed by atoms with Gasteiger partial charge < -0.3 is 9.88 Å². The van der Waals surface area contributed by atoms with E-state index in [2.05, 4.69) is 34.6 Å². The van der Waals surface area contributed by atoms with Gasteiger partial charge in [0, 0.05) is 19.0 Å². The third kappa shape index (κ3) is 3.29. The van der Waals surface area contributed by atoms with Crippen molar-refractivity contribution in [2.75, 3.05) is 12.3 Å². The van der Waals surface area contributed by atoms with Crippen molar-refractivity contribution in [3.05, 3.63) is 60.2 Å². The number of hydrogen-bond donors (Lipinski definition) is 1. The van der Waals surface area contributed by atoms with Crippen LogP contribution in [0.15, 0.2) is 59.8 Å². The Kier molecular flexibility index (Phi) is 4.25. The molecule has 25 heavy (non-hydrogen) atoms. The molecule has 0 saturated heterocycles. The minimum Gasteiger partial charge on any atom is -0.354 e. The number of aryl methyl sites for hydroxylation is 1. The zero-order chi connectivity index (χ0) is 17.3. The molecule has 0 spiro atoms. The van der Waals surface area contributed by atoms with Gasteiger partial charge in [-0.2, -0.15) is 0 Å². The molecule has 2 aromatic carbocycles. The average Bonchev–Trinajstić information content (AvgIpc) is 3.38. The molecule has 128 valence electrons. The van der Waals surface area contributed by atoms with Gasteiger partial charge in [0.15, 0.2) is 5.16 Å². The van der Waals surface area contributed by atoms with E-state index in [1.54, 1.807) is 0 Å². The van der Waals surface area contributed by atoms with Crippen molar-refractivity contribution >= 4 is 28.7 Å². The molecule has 0 bridgehead atoms. The van der Waals surface area contributed by atoms with Crippen molar-refractivity contribution in [3.63, 3.8) is 0 Å². The Labute approximate surface area is 151 Å². The summed E-state index contributed by atoms with van der Waals surface area (Å²) in [5, 5.41) is 3.99. The van der Waals surface area contributed by atoms with Gasteiger partial charge in [0.25, 0.3) is 0 Å². The summed E-state index contributed by atoms with van der Waals surface area (Å²) in [6, 6.07) is 18.5. The monoisotopic (exact) mass is 351 g/mol. The fraction of sp³-hybridized carbons (Fsp3) is 0.300. The van der Waals surface area contributed by atoms with Crippen molar-refractivity contribution in [2.24, 2.45) is 7.05 Å². The number of carbonyl (C=O) groups excluding carboxylic acids is 1. The Bertz CT molecular complexity index is 900. The zero-order valence-electron chi connectivity index (χ0n) is 14.2. The van der Waals surface area contributed by atoms with E-state index < -0.39 is 0 Å². The average molecular weight is 351 g/mol. The van der Waals surface area contributed by atoms with Crippen LogP contribution in [0.1, 0.15) is 18.4 Å². The van der Waals surface area contributed by atoms with Crippen molar-refractivity contribution in [1.82, 2.24) is 14.9 Å². The van der Waals surface area contributed by atoms with E-state index in [1.807, 2.05) is 41.9 Å². The summed E-state index contributed by atoms with van der Waals surface area (Å²) in [5.74, 6) is 0.460. The maximum atomic E-state index is 12.3. The maximum absolute atomic E-state index is 12.3. The van der Waals surface area contributed by atoms with Gasteiger partial charge in [-0.25, -0.2) is 4.98 Å². The van der Waals surface area contributed by atoms with E-state index in [0.717, 1.165) is 35.6 Å². The summed E-state index contributed by atoms with van der Waals surface area (Å²) in [6.45, 7) is 0.721. The van der Waals surface area contributed by atoms with E-state index in [-0.39, 0.29) is 11.3 Å². The summed E-state index contributed by atoms with van der Waals surface area (Å²) in [5.41, 5.74) is 3.54. The van der Waals surface area contributed by atoms with E-state index in [1.165, 1.54) is 17.3 Å². The molecular weight excluding hydrogens is 330 g/mol. The summed E-state index contributed by atoms with van der Waals surface area (Å²) in [4.78, 5) is 16.9. The van der Waals surface area contributed by atoms with Crippen LogP contribution < -0.4 is 5.32 Å². The third-order valence-electron chi connectivity index (χ3n) is 4.94. The second-order valence-electron chi connectivity index (χ2n) is 6.65. The fourth-order valence-corrected chi connectivity index (χ4v) is 4.03. The fourth-order valence-electron chi connectivity index (χ4n) is 3.21. The Morgan fingerprint density at radius 1 is 1.16 bits per heavy atom. The van der Waals surface area contributed by atoms with Crippen LogP contribution in [0.2, 0.25) is 0 Å². The number of fused-ring (bicyclic) bond motifs is 1. The minimum atomic E-state index is 0.0688. The van der Waals surface area contributed by atoms with Gasteiger partial charge in [-0.3, -0.25) is 4.79 Å². The molecule has 4 nitrogen and oxygen atoms in total. The van der Waals surface area contributed by atoms with Crippen LogP contribution in [0.3, 0.4) is 0 Å². The van der Waals surface area contributed by atoms with Crippen LogP contribution >= 0.6 is 11.8 Å². The Hall–Kier alpha value is -2.27. The van der Waals surface area contributed by atoms with E-state index >= 15 is 0 Å². The van der Waals surface area contributed by atoms with Crippen LogP contribution in [0.5, 0.6) is 0 Å². The minimum absolute atomic E-state index is 0.0688. The summed E-state index contributed by atoms with van der Waals surface area (Å²) in [6.07, 6.45) is 2.30. The smallest absolute Gasteiger partial charge is 0.230 e. The number of benzene rings is 2. The van der Waals surface area contributed by atoms with Crippen LogP contribution in [0.25, 0.3) is 11.0 Å². The van der Waals surface area contributed by atoms with Crippen LogP contribution in [0, 0.1) is 0 Å². The molecule has 1 aliphatic rings. The highest BCUT2D eigenvalue weighted by molar-refractivity contribution is 7.99. The maximum Gasteiger partial charge on any atom is 0.230 e. The second-order valence-corrected chi connectivity index (χ2v) is 7.60. The van der Waals surface area contributed by atoms with E-state index in [4.69, 9.17) is 0 Å². The van der Waals surface area contributed by atoms with Gasteiger partial charge in [0.1, 0.15) is 0 Å². The highest BCUT2D eigenvalue weighted by Gasteiger charge is 2.44. The van der Waals surface area contributed by atoms with Crippen LogP contribution in [0.4, 0.5) is 0 Å². The molecule has 0 unspecified atom stereocenters. The van der Waals surface area contributed by atoms with Crippen molar-refractivity contribution in [3.8, 4) is 0 Å². The molecule has 1 heterocycles. The number of rotatable bonds is 6. The molecule has 1 N–H and O–H groups in total. The number of imidazole rings is 1. The lowest BCUT2D eigenvalue weighted by Crippen LogP contribution is -2.33. The lowest BCUT2D eigenvalue weighted by Gasteiger charge is -2.16. The van der Waals surface area contributed by atoms with E-state index in [0.29, 0.717) is 5.75 Å². The number of carbonyl (C=O) groups is 1. The first-order valence-corrected chi connectivity index (χ1v) is 9.53. The van der Waals surface area contributed by atoms with Crippen molar-refractivity contribution < 1.29 is 4.79 Å². The SMILES string of the molecule is Cn1c(SCC(=O)NCC2(c3ccccc3)CC2)nc2ccccc21. The number of nitrogens with zero attached hydrogens (tertiary/aromatic N) is 2. The summed E-state index contributed by atoms with van der Waals surface area (Å²) >= 11 is 1.49. The topological polar surface area (TPSA) is 46.9 Å². The van der Waals surface area contributed by atoms with Gasteiger partial charge in [-0.1, -0.05) is 54.2 Å². The van der Waals surface area contributed by atoms with Crippen LogP contribution in [-0.4, -0.2) is 27.8 Å². The molecule has 3 aromatic rings. The van der Waals surface area contributed by atoms with Crippen LogP contribution in [-0.2, 0) is 17.3 Å². The first-order chi connectivity index (χ1) is 12.2. The Balaban J connectivity index is 1.34. The van der Waals surface area contributed by atoms with Gasteiger partial charge >= 0.3 is 0 Å². The lowest BCUT2D eigenvalue weighted by atomic mass is 9.96. The summed E-state index contributed by atoms with van der Waals surface area (Å²) < 4.78 is 2.04. The molecule has 1 saturated carbocycles. The highest BCUT2D eigenvalue weighted by Crippen LogP contribution is 2.47. The number of para-hydroxylation sites is 2. The van der Waals surface area contributed by atoms with Gasteiger partial charge in [0.05, 0.1) is 16.8 Å². The van der Waals surface area contributed by atoms with Crippen molar-refractivity contribution in [1.29, 1.82) is 0 Å². The quantitative estimate of drug-likeness (QED) is 0.691. The number of aromatic nitrogens is 2. The molecule has 1 fully saturated rings. The number of nitrogens with one attached hydrogen (secondary N) is 1. The molecular formula is C20H21N3OS. The number of thioether (sulfide) groups is 1. The third-order valence-corrected chi connectivity index (χ3v) is 5.97. The molecule has 0 aliphatic heterocycles. The lowest BCUT2D eigenvalue weighted by molar-refractivity contribution is -0.118. The van der Waals surface area contributed by atoms with Crippen molar-refractivity contribution in [2.45, 2.75) is 23.4 Å². The molecule has 1 aliphatic carbocycles. The normalized spacial score (nSPS) is 15.2. The molecule has 0 radical (unpaired) electrons. The highest BCUT2D eigenvalue weighted by atomic mass is 32.2. The Morgan fingerprint density at radius 3 is 2.60 bits per heavy atom. The number of hydrogen-bond acceptors (Lipinski definition) is 3. The van der Waals surface area contributed by atoms with Gasteiger partial charge in [0.2, 0.25) is 5.91 Å². The standard InChI is InChI=1S/C20H21N3OS/c1-23-17-10-6-5-9-16(17)22-19(23)25-13-18(24)21-14-20(11-12-20)15-7-3-2-4-8-15/h2-10H,11-14H2,1H3,(H,21,24). The molecule has 4 rings (SSSR count). The predicted octanol–water partition coefficient (Wildman–Crippen LogP) is 3.51. The second kappa shape index (κ2) is 6.56. The largest absolute Gasteiger partial charge is 0.354 e.